The number of hydrogen-bond acceptors (Lipinski definition) is 3. The minimum absolute atomic E-state index is 0.280. The average molecular weight is 425 g/mol. The monoisotopic (exact) mass is 423 g/mol. The van der Waals surface area contributed by atoms with Gasteiger partial charge in [-0.3, -0.25) is 14.6 Å². The maximum Gasteiger partial charge on any atom is 0.277 e. The second kappa shape index (κ2) is 6.45. The lowest BCUT2D eigenvalue weighted by Crippen LogP contribution is -2.12. The predicted octanol–water partition coefficient (Wildman–Crippen LogP) is 3.43. The lowest BCUT2D eigenvalue weighted by Gasteiger charge is -2.01. The van der Waals surface area contributed by atoms with E-state index in [1.165, 1.54) is 0 Å². The molecular weight excluding hydrogens is 414 g/mol. The van der Waals surface area contributed by atoms with Crippen LogP contribution in [0.25, 0.3) is 0 Å². The number of aromatic nitrogens is 4. The summed E-state index contributed by atoms with van der Waals surface area (Å²) in [5.74, 6) is -0.312. The summed E-state index contributed by atoms with van der Waals surface area (Å²) >= 11 is 6.54. The molecule has 2 aromatic heterocycles. The first-order valence-electron chi connectivity index (χ1n) is 6.40. The Morgan fingerprint density at radius 3 is 2.73 bits per heavy atom. The van der Waals surface area contributed by atoms with Gasteiger partial charge < -0.3 is 5.32 Å². The first-order valence-corrected chi connectivity index (χ1v) is 7.99. The van der Waals surface area contributed by atoms with Gasteiger partial charge in [-0.2, -0.15) is 10.2 Å². The second-order valence-corrected chi connectivity index (χ2v) is 6.15. The predicted molar refractivity (Wildman–Crippen MR) is 89.7 cm³/mol. The van der Waals surface area contributed by atoms with Crippen LogP contribution in [0.5, 0.6) is 0 Å². The Morgan fingerprint density at radius 1 is 1.27 bits per heavy atom. The van der Waals surface area contributed by atoms with Crippen LogP contribution < -0.4 is 5.32 Å². The third-order valence-electron chi connectivity index (χ3n) is 2.96. The van der Waals surface area contributed by atoms with Crippen LogP contribution in [0.1, 0.15) is 16.1 Å². The van der Waals surface area contributed by atoms with E-state index in [0.29, 0.717) is 21.3 Å². The molecule has 0 saturated carbocycles. The van der Waals surface area contributed by atoms with Gasteiger partial charge in [-0.1, -0.05) is 30.3 Å². The van der Waals surface area contributed by atoms with Crippen LogP contribution in [0.15, 0.2) is 51.8 Å². The molecule has 0 fully saturated rings. The van der Waals surface area contributed by atoms with Gasteiger partial charge in [0.25, 0.3) is 5.91 Å². The number of nitrogens with one attached hydrogen (secondary N) is 2. The molecule has 0 aliphatic heterocycles. The van der Waals surface area contributed by atoms with E-state index in [2.05, 4.69) is 52.5 Å². The Kier molecular flexibility index (Phi) is 4.39. The van der Waals surface area contributed by atoms with Crippen molar-refractivity contribution in [3.8, 4) is 0 Å². The van der Waals surface area contributed by atoms with E-state index in [0.717, 1.165) is 5.56 Å². The number of carbonyl (C=O) groups is 1. The van der Waals surface area contributed by atoms with Crippen LogP contribution in [-0.2, 0) is 6.54 Å². The molecule has 0 spiro atoms. The second-order valence-electron chi connectivity index (χ2n) is 4.57. The number of amides is 1. The van der Waals surface area contributed by atoms with Crippen LogP contribution in [-0.4, -0.2) is 25.9 Å². The van der Waals surface area contributed by atoms with Crippen molar-refractivity contribution in [2.75, 3.05) is 5.32 Å². The molecule has 0 radical (unpaired) electrons. The smallest absolute Gasteiger partial charge is 0.277 e. The van der Waals surface area contributed by atoms with E-state index in [4.69, 9.17) is 0 Å². The van der Waals surface area contributed by atoms with Gasteiger partial charge in [-0.15, -0.1) is 0 Å². The zero-order chi connectivity index (χ0) is 15.5. The van der Waals surface area contributed by atoms with Crippen LogP contribution >= 0.6 is 31.9 Å². The van der Waals surface area contributed by atoms with Crippen molar-refractivity contribution in [2.45, 2.75) is 6.54 Å². The minimum atomic E-state index is -0.312. The molecule has 3 rings (SSSR count). The Labute approximate surface area is 143 Å². The third-order valence-corrected chi connectivity index (χ3v) is 4.84. The molecule has 2 heterocycles. The highest BCUT2D eigenvalue weighted by molar-refractivity contribution is 9.13. The fourth-order valence-corrected chi connectivity index (χ4v) is 2.57. The third kappa shape index (κ3) is 3.28. The zero-order valence-electron chi connectivity index (χ0n) is 11.3. The molecule has 2 N–H and O–H groups in total. The highest BCUT2D eigenvalue weighted by atomic mass is 79.9. The van der Waals surface area contributed by atoms with Crippen LogP contribution in [0.2, 0.25) is 0 Å². The largest absolute Gasteiger partial charge is 0.318 e. The standard InChI is InChI=1S/C14H11Br2N5O/c15-11-12(19-20-13(11)16)14(22)18-10-6-17-21(8-10)7-9-4-2-1-3-5-9/h1-6,8H,7H2,(H,18,22)(H,19,20). The number of anilines is 1. The van der Waals surface area contributed by atoms with Crippen molar-refractivity contribution in [3.05, 3.63) is 63.1 Å². The summed E-state index contributed by atoms with van der Waals surface area (Å²) in [6.45, 7) is 0.647. The van der Waals surface area contributed by atoms with Crippen molar-refractivity contribution < 1.29 is 4.79 Å². The topological polar surface area (TPSA) is 75.6 Å². The van der Waals surface area contributed by atoms with Gasteiger partial charge in [0.2, 0.25) is 0 Å². The molecule has 1 aromatic carbocycles. The van der Waals surface area contributed by atoms with E-state index in [1.54, 1.807) is 17.1 Å². The molecule has 0 aliphatic rings. The maximum absolute atomic E-state index is 12.1. The summed E-state index contributed by atoms with van der Waals surface area (Å²) in [5.41, 5.74) is 2.04. The molecule has 112 valence electrons. The van der Waals surface area contributed by atoms with Gasteiger partial charge in [0, 0.05) is 6.20 Å². The fraction of sp³-hybridized carbons (Fsp3) is 0.0714. The summed E-state index contributed by atoms with van der Waals surface area (Å²) in [6, 6.07) is 9.98. The van der Waals surface area contributed by atoms with E-state index in [1.807, 2.05) is 30.3 Å². The number of benzene rings is 1. The van der Waals surface area contributed by atoms with Gasteiger partial charge >= 0.3 is 0 Å². The molecule has 6 nitrogen and oxygen atoms in total. The summed E-state index contributed by atoms with van der Waals surface area (Å²) in [6.07, 6.45) is 3.39. The number of halogens is 2. The maximum atomic E-state index is 12.1. The van der Waals surface area contributed by atoms with Gasteiger partial charge in [0.15, 0.2) is 5.69 Å². The van der Waals surface area contributed by atoms with Crippen molar-refractivity contribution in [1.29, 1.82) is 0 Å². The zero-order valence-corrected chi connectivity index (χ0v) is 14.4. The lowest BCUT2D eigenvalue weighted by atomic mass is 10.2. The summed E-state index contributed by atoms with van der Waals surface area (Å²) in [7, 11) is 0. The van der Waals surface area contributed by atoms with Gasteiger partial charge in [-0.25, -0.2) is 0 Å². The first-order chi connectivity index (χ1) is 10.6. The normalized spacial score (nSPS) is 10.6. The van der Waals surface area contributed by atoms with Crippen LogP contribution in [0.3, 0.4) is 0 Å². The quantitative estimate of drug-likeness (QED) is 0.673. The van der Waals surface area contributed by atoms with Crippen LogP contribution in [0.4, 0.5) is 5.69 Å². The fourth-order valence-electron chi connectivity index (χ4n) is 1.93. The van der Waals surface area contributed by atoms with E-state index >= 15 is 0 Å². The van der Waals surface area contributed by atoms with Crippen molar-refractivity contribution >= 4 is 43.5 Å². The van der Waals surface area contributed by atoms with Crippen molar-refractivity contribution in [2.24, 2.45) is 0 Å². The number of carbonyl (C=O) groups excluding carboxylic acids is 1. The molecule has 8 heteroatoms. The lowest BCUT2D eigenvalue weighted by molar-refractivity contribution is 0.102. The molecule has 0 aliphatic carbocycles. The number of rotatable bonds is 4. The van der Waals surface area contributed by atoms with Crippen molar-refractivity contribution in [1.82, 2.24) is 20.0 Å². The molecule has 0 atom stereocenters. The van der Waals surface area contributed by atoms with Crippen LogP contribution in [0, 0.1) is 0 Å². The van der Waals surface area contributed by atoms with E-state index < -0.39 is 0 Å². The molecule has 0 bridgehead atoms. The van der Waals surface area contributed by atoms with Gasteiger partial charge in [0.1, 0.15) is 4.60 Å². The Hall–Kier alpha value is -1.93. The minimum Gasteiger partial charge on any atom is -0.318 e. The number of nitrogens with zero attached hydrogens (tertiary/aromatic N) is 3. The average Bonchev–Trinajstić information content (AvgIpc) is 3.08. The van der Waals surface area contributed by atoms with E-state index in [-0.39, 0.29) is 11.6 Å². The Morgan fingerprint density at radius 2 is 2.05 bits per heavy atom. The molecule has 0 unspecified atom stereocenters. The Bertz CT molecular complexity index is 797. The number of aromatic amines is 1. The molecule has 3 aromatic rings. The van der Waals surface area contributed by atoms with Gasteiger partial charge in [0.05, 0.1) is 22.9 Å². The Balaban J connectivity index is 1.69. The molecule has 0 saturated heterocycles. The molecular formula is C14H11Br2N5O. The number of hydrogen-bond donors (Lipinski definition) is 2. The highest BCUT2D eigenvalue weighted by Crippen LogP contribution is 2.24. The molecule has 22 heavy (non-hydrogen) atoms. The summed E-state index contributed by atoms with van der Waals surface area (Å²) in [5, 5.41) is 13.6. The summed E-state index contributed by atoms with van der Waals surface area (Å²) < 4.78 is 2.97. The first kappa shape index (κ1) is 15.0. The van der Waals surface area contributed by atoms with Crippen molar-refractivity contribution in [3.63, 3.8) is 0 Å². The van der Waals surface area contributed by atoms with Gasteiger partial charge in [-0.05, 0) is 37.4 Å². The molecule has 1 amide bonds. The summed E-state index contributed by atoms with van der Waals surface area (Å²) in [4.78, 5) is 12.1. The number of H-pyrrole nitrogens is 1. The highest BCUT2D eigenvalue weighted by Gasteiger charge is 2.17. The SMILES string of the molecule is O=C(Nc1cnn(Cc2ccccc2)c1)c1n[nH]c(Br)c1Br. The van der Waals surface area contributed by atoms with E-state index in [9.17, 15) is 4.79 Å².